The van der Waals surface area contributed by atoms with E-state index in [2.05, 4.69) is 4.98 Å². The Hall–Kier alpha value is -2.22. The summed E-state index contributed by atoms with van der Waals surface area (Å²) >= 11 is 0. The molecule has 0 unspecified atom stereocenters. The summed E-state index contributed by atoms with van der Waals surface area (Å²) in [7, 11) is 1.70. The highest BCUT2D eigenvalue weighted by atomic mass is 16.6. The van der Waals surface area contributed by atoms with Crippen molar-refractivity contribution < 1.29 is 14.8 Å². The minimum absolute atomic E-state index is 0.0689. The zero-order valence-electron chi connectivity index (χ0n) is 10.4. The zero-order chi connectivity index (χ0) is 14.0. The van der Waals surface area contributed by atoms with Gasteiger partial charge in [0.25, 0.3) is 0 Å². The first kappa shape index (κ1) is 13.2. The maximum Gasteiger partial charge on any atom is 0.343 e. The quantitative estimate of drug-likeness (QED) is 0.470. The van der Waals surface area contributed by atoms with Crippen molar-refractivity contribution in [3.63, 3.8) is 0 Å². The van der Waals surface area contributed by atoms with Crippen LogP contribution in [0.15, 0.2) is 11.8 Å². The number of amides is 1. The molecule has 1 fully saturated rings. The van der Waals surface area contributed by atoms with Gasteiger partial charge in [0.15, 0.2) is 0 Å². The molecule has 0 atom stereocenters. The molecule has 102 valence electrons. The van der Waals surface area contributed by atoms with Crippen molar-refractivity contribution in [3.05, 3.63) is 27.7 Å². The SMILES string of the molecule is CN1CC/C(=C\c2ncc([N+](=O)[O-])n2CCO)C1=O. The Morgan fingerprint density at radius 3 is 2.89 bits per heavy atom. The summed E-state index contributed by atoms with van der Waals surface area (Å²) in [5, 5.41) is 19.8. The predicted octanol–water partition coefficient (Wildman–Crippen LogP) is 0.0291. The van der Waals surface area contributed by atoms with Gasteiger partial charge in [-0.3, -0.25) is 4.79 Å². The first-order valence-electron chi connectivity index (χ1n) is 5.81. The molecular weight excluding hydrogens is 252 g/mol. The third-order valence-corrected chi connectivity index (χ3v) is 3.02. The number of rotatable bonds is 4. The van der Waals surface area contributed by atoms with E-state index in [-0.39, 0.29) is 24.9 Å². The number of imidazole rings is 1. The van der Waals surface area contributed by atoms with Crippen LogP contribution in [0, 0.1) is 10.1 Å². The highest BCUT2D eigenvalue weighted by Crippen LogP contribution is 2.21. The van der Waals surface area contributed by atoms with E-state index in [0.717, 1.165) is 6.20 Å². The molecule has 1 aromatic heterocycles. The van der Waals surface area contributed by atoms with E-state index in [0.29, 0.717) is 24.4 Å². The minimum atomic E-state index is -0.562. The predicted molar refractivity (Wildman–Crippen MR) is 66.2 cm³/mol. The molecule has 2 heterocycles. The molecule has 0 aromatic carbocycles. The van der Waals surface area contributed by atoms with Crippen molar-refractivity contribution >= 4 is 17.8 Å². The Morgan fingerprint density at radius 2 is 2.37 bits per heavy atom. The molecule has 1 amide bonds. The molecule has 0 radical (unpaired) electrons. The van der Waals surface area contributed by atoms with Crippen molar-refractivity contribution in [2.24, 2.45) is 0 Å². The smallest absolute Gasteiger partial charge is 0.343 e. The Labute approximate surface area is 109 Å². The average molecular weight is 266 g/mol. The Bertz CT molecular complexity index is 549. The second-order valence-corrected chi connectivity index (χ2v) is 4.25. The van der Waals surface area contributed by atoms with Crippen molar-refractivity contribution in [2.45, 2.75) is 13.0 Å². The number of likely N-dealkylation sites (N-methyl/N-ethyl adjacent to an activating group) is 1. The van der Waals surface area contributed by atoms with E-state index >= 15 is 0 Å². The van der Waals surface area contributed by atoms with Crippen LogP contribution < -0.4 is 0 Å². The van der Waals surface area contributed by atoms with Crippen LogP contribution in [0.1, 0.15) is 12.2 Å². The van der Waals surface area contributed by atoms with Gasteiger partial charge in [0.05, 0.1) is 6.61 Å². The second kappa shape index (κ2) is 5.19. The Balaban J connectivity index is 2.38. The standard InChI is InChI=1S/C11H14N4O4/c1-13-3-2-8(11(13)17)6-9-12-7-10(15(18)19)14(9)4-5-16/h6-7,16H,2-5H2,1H3/b8-6+. The lowest BCUT2D eigenvalue weighted by Gasteiger charge is -2.04. The molecule has 0 saturated carbocycles. The maximum atomic E-state index is 11.8. The van der Waals surface area contributed by atoms with Crippen LogP contribution in [0.4, 0.5) is 5.82 Å². The van der Waals surface area contributed by atoms with E-state index in [9.17, 15) is 14.9 Å². The molecule has 0 bridgehead atoms. The van der Waals surface area contributed by atoms with Gasteiger partial charge in [-0.15, -0.1) is 0 Å². The molecule has 1 aliphatic rings. The topological polar surface area (TPSA) is 102 Å². The van der Waals surface area contributed by atoms with Gasteiger partial charge in [-0.05, 0) is 11.3 Å². The van der Waals surface area contributed by atoms with Crippen LogP contribution in [0.5, 0.6) is 0 Å². The van der Waals surface area contributed by atoms with Gasteiger partial charge < -0.3 is 20.1 Å². The van der Waals surface area contributed by atoms with Crippen molar-refractivity contribution in [1.82, 2.24) is 14.5 Å². The molecule has 0 spiro atoms. The fourth-order valence-corrected chi connectivity index (χ4v) is 2.00. The van der Waals surface area contributed by atoms with Crippen molar-refractivity contribution in [1.29, 1.82) is 0 Å². The summed E-state index contributed by atoms with van der Waals surface area (Å²) in [6.45, 7) is 0.466. The van der Waals surface area contributed by atoms with Crippen molar-refractivity contribution in [2.75, 3.05) is 20.2 Å². The van der Waals surface area contributed by atoms with Gasteiger partial charge in [-0.25, -0.2) is 9.55 Å². The van der Waals surface area contributed by atoms with E-state index < -0.39 is 4.92 Å². The fourth-order valence-electron chi connectivity index (χ4n) is 2.00. The number of nitro groups is 1. The summed E-state index contributed by atoms with van der Waals surface area (Å²) in [4.78, 5) is 27.6. The number of aromatic nitrogens is 2. The first-order chi connectivity index (χ1) is 9.04. The molecular formula is C11H14N4O4. The van der Waals surface area contributed by atoms with Gasteiger partial charge >= 0.3 is 5.82 Å². The summed E-state index contributed by atoms with van der Waals surface area (Å²) < 4.78 is 1.29. The molecule has 19 heavy (non-hydrogen) atoms. The number of aliphatic hydroxyl groups excluding tert-OH is 1. The van der Waals surface area contributed by atoms with Gasteiger partial charge in [0.1, 0.15) is 12.7 Å². The van der Waals surface area contributed by atoms with Crippen LogP contribution in [-0.4, -0.2) is 50.6 Å². The summed E-state index contributed by atoms with van der Waals surface area (Å²) in [5.41, 5.74) is 0.571. The van der Waals surface area contributed by atoms with Crippen molar-refractivity contribution in [3.8, 4) is 0 Å². The van der Waals surface area contributed by atoms with E-state index in [4.69, 9.17) is 5.11 Å². The Kier molecular flexibility index (Phi) is 3.61. The molecule has 1 saturated heterocycles. The number of carbonyl (C=O) groups excluding carboxylic acids is 1. The molecule has 8 nitrogen and oxygen atoms in total. The van der Waals surface area contributed by atoms with Crippen LogP contribution in [-0.2, 0) is 11.3 Å². The number of nitrogens with zero attached hydrogens (tertiary/aromatic N) is 4. The summed E-state index contributed by atoms with van der Waals surface area (Å²) in [6, 6.07) is 0. The molecule has 0 aliphatic carbocycles. The summed E-state index contributed by atoms with van der Waals surface area (Å²) in [6.07, 6.45) is 3.27. The lowest BCUT2D eigenvalue weighted by molar-refractivity contribution is -0.392. The maximum absolute atomic E-state index is 11.8. The molecule has 1 N–H and O–H groups in total. The number of carbonyl (C=O) groups is 1. The van der Waals surface area contributed by atoms with Crippen LogP contribution in [0.25, 0.3) is 6.08 Å². The third kappa shape index (κ3) is 2.48. The highest BCUT2D eigenvalue weighted by Gasteiger charge is 2.25. The first-order valence-corrected chi connectivity index (χ1v) is 5.81. The number of aliphatic hydroxyl groups is 1. The van der Waals surface area contributed by atoms with Gasteiger partial charge in [-0.1, -0.05) is 0 Å². The number of hydrogen-bond acceptors (Lipinski definition) is 5. The monoisotopic (exact) mass is 266 g/mol. The van der Waals surface area contributed by atoms with E-state index in [1.807, 2.05) is 0 Å². The largest absolute Gasteiger partial charge is 0.392 e. The van der Waals surface area contributed by atoms with Gasteiger partial charge in [0.2, 0.25) is 11.7 Å². The zero-order valence-corrected chi connectivity index (χ0v) is 10.4. The van der Waals surface area contributed by atoms with E-state index in [1.165, 1.54) is 4.57 Å². The molecule has 1 aromatic rings. The summed E-state index contributed by atoms with van der Waals surface area (Å²) in [5.74, 6) is 0.0281. The fraction of sp³-hybridized carbons (Fsp3) is 0.455. The highest BCUT2D eigenvalue weighted by molar-refractivity contribution is 5.99. The van der Waals surface area contributed by atoms with Crippen LogP contribution in [0.3, 0.4) is 0 Å². The number of hydrogen-bond donors (Lipinski definition) is 1. The van der Waals surface area contributed by atoms with Crippen LogP contribution >= 0.6 is 0 Å². The van der Waals surface area contributed by atoms with Gasteiger partial charge in [0, 0.05) is 25.2 Å². The normalized spacial score (nSPS) is 17.5. The average Bonchev–Trinajstić information content (AvgIpc) is 2.89. The van der Waals surface area contributed by atoms with Gasteiger partial charge in [-0.2, -0.15) is 0 Å². The molecule has 1 aliphatic heterocycles. The second-order valence-electron chi connectivity index (χ2n) is 4.25. The minimum Gasteiger partial charge on any atom is -0.392 e. The van der Waals surface area contributed by atoms with Crippen LogP contribution in [0.2, 0.25) is 0 Å². The number of likely N-dealkylation sites (tertiary alicyclic amines) is 1. The molecule has 2 rings (SSSR count). The lowest BCUT2D eigenvalue weighted by atomic mass is 10.2. The third-order valence-electron chi connectivity index (χ3n) is 3.02. The molecule has 8 heteroatoms. The Morgan fingerprint density at radius 1 is 1.63 bits per heavy atom. The van der Waals surface area contributed by atoms with E-state index in [1.54, 1.807) is 18.0 Å². The lowest BCUT2D eigenvalue weighted by Crippen LogP contribution is -2.19.